The van der Waals surface area contributed by atoms with Gasteiger partial charge in [-0.1, -0.05) is 51.1 Å². The summed E-state index contributed by atoms with van der Waals surface area (Å²) in [5, 5.41) is 18.9. The van der Waals surface area contributed by atoms with Crippen LogP contribution in [0.3, 0.4) is 0 Å². The fourth-order valence-corrected chi connectivity index (χ4v) is 5.55. The van der Waals surface area contributed by atoms with Gasteiger partial charge in [-0.2, -0.15) is 5.26 Å². The summed E-state index contributed by atoms with van der Waals surface area (Å²) in [4.78, 5) is 58.5. The van der Waals surface area contributed by atoms with Gasteiger partial charge in [-0.05, 0) is 41.7 Å². The summed E-state index contributed by atoms with van der Waals surface area (Å²) in [7, 11) is 0. The number of carbonyl (C=O) groups is 4. The number of rotatable bonds is 4. The molecule has 3 heterocycles. The molecular weight excluding hydrogens is 508 g/mol. The van der Waals surface area contributed by atoms with Crippen molar-refractivity contribution in [3.8, 4) is 6.07 Å². The predicted molar refractivity (Wildman–Crippen MR) is 149 cm³/mol. The molecule has 3 aromatic rings. The van der Waals surface area contributed by atoms with E-state index in [0.29, 0.717) is 16.9 Å². The number of fused-ring (bicyclic) bond motifs is 3. The van der Waals surface area contributed by atoms with Gasteiger partial charge in [0.05, 0.1) is 17.0 Å². The highest BCUT2D eigenvalue weighted by Gasteiger charge is 2.56. The monoisotopic (exact) mass is 538 g/mol. The first kappa shape index (κ1) is 26.8. The van der Waals surface area contributed by atoms with E-state index >= 15 is 0 Å². The molecule has 3 N–H and O–H groups in total. The maximum atomic E-state index is 13.9. The third kappa shape index (κ3) is 4.98. The molecule has 2 aliphatic rings. The Balaban J connectivity index is 1.36. The summed E-state index contributed by atoms with van der Waals surface area (Å²) in [6, 6.07) is 16.3. The molecule has 1 unspecified atom stereocenters. The Labute approximate surface area is 231 Å². The second-order valence-corrected chi connectivity index (χ2v) is 11.6. The van der Waals surface area contributed by atoms with Crippen molar-refractivity contribution in [2.24, 2.45) is 5.41 Å². The number of hydrogen-bond donors (Lipinski definition) is 3. The third-order valence-electron chi connectivity index (χ3n) is 7.41. The van der Waals surface area contributed by atoms with Gasteiger partial charge in [0.2, 0.25) is 11.8 Å². The van der Waals surface area contributed by atoms with Crippen LogP contribution in [0.15, 0.2) is 60.8 Å². The molecule has 1 aromatic heterocycles. The van der Waals surface area contributed by atoms with Gasteiger partial charge in [0, 0.05) is 35.9 Å². The van der Waals surface area contributed by atoms with E-state index in [1.54, 1.807) is 36.5 Å². The number of pyridine rings is 1. The van der Waals surface area contributed by atoms with Gasteiger partial charge in [-0.15, -0.1) is 0 Å². The van der Waals surface area contributed by atoms with E-state index in [1.165, 1.54) is 4.90 Å². The standard InChI is InChI=1S/C30H30N6O4/c1-29(2,3)15-24(34-26(38)25(37)33-19-11-10-18-7-6-12-32-23(18)13-19)27(39)36-17-30(14-20(36)16-31)21-8-4-5-9-22(21)35-28(30)40/h4-13,20,24H,14-15,17H2,1-3H3,(H,33,37)(H,34,38)(H,35,40)/t20?,24-,30-/m0/s1. The maximum Gasteiger partial charge on any atom is 0.313 e. The summed E-state index contributed by atoms with van der Waals surface area (Å²) in [6.07, 6.45) is 1.99. The first-order chi connectivity index (χ1) is 19.0. The van der Waals surface area contributed by atoms with Gasteiger partial charge in [0.15, 0.2) is 0 Å². The molecule has 2 aromatic carbocycles. The van der Waals surface area contributed by atoms with Crippen LogP contribution in [0.25, 0.3) is 10.9 Å². The van der Waals surface area contributed by atoms with Crippen molar-refractivity contribution in [1.82, 2.24) is 15.2 Å². The van der Waals surface area contributed by atoms with E-state index in [2.05, 4.69) is 27.0 Å². The number of nitrogens with zero attached hydrogens (tertiary/aromatic N) is 3. The van der Waals surface area contributed by atoms with Crippen LogP contribution >= 0.6 is 0 Å². The lowest BCUT2D eigenvalue weighted by atomic mass is 9.80. The zero-order chi connectivity index (χ0) is 28.7. The molecule has 5 rings (SSSR count). The lowest BCUT2D eigenvalue weighted by Gasteiger charge is -2.31. The van der Waals surface area contributed by atoms with Crippen LogP contribution in [0.4, 0.5) is 11.4 Å². The topological polar surface area (TPSA) is 144 Å². The van der Waals surface area contributed by atoms with Gasteiger partial charge in [-0.25, -0.2) is 0 Å². The normalized spacial score (nSPS) is 20.5. The summed E-state index contributed by atoms with van der Waals surface area (Å²) >= 11 is 0. The van der Waals surface area contributed by atoms with Crippen molar-refractivity contribution < 1.29 is 19.2 Å². The molecule has 0 radical (unpaired) electrons. The number of para-hydroxylation sites is 1. The number of nitriles is 1. The number of anilines is 2. The Morgan fingerprint density at radius 1 is 1.15 bits per heavy atom. The van der Waals surface area contributed by atoms with Crippen LogP contribution < -0.4 is 16.0 Å². The Morgan fingerprint density at radius 2 is 1.93 bits per heavy atom. The fourth-order valence-electron chi connectivity index (χ4n) is 5.55. The average Bonchev–Trinajstić information content (AvgIpc) is 3.44. The van der Waals surface area contributed by atoms with Gasteiger partial charge in [-0.3, -0.25) is 24.2 Å². The second kappa shape index (κ2) is 10.1. The minimum atomic E-state index is -1.08. The zero-order valence-corrected chi connectivity index (χ0v) is 22.5. The first-order valence-corrected chi connectivity index (χ1v) is 13.1. The lowest BCUT2D eigenvalue weighted by molar-refractivity contribution is -0.141. The fraction of sp³-hybridized carbons (Fsp3) is 0.333. The van der Waals surface area contributed by atoms with E-state index in [-0.39, 0.29) is 25.3 Å². The number of aromatic nitrogens is 1. The minimum absolute atomic E-state index is 0.000292. The largest absolute Gasteiger partial charge is 0.336 e. The van der Waals surface area contributed by atoms with E-state index < -0.39 is 40.6 Å². The highest BCUT2D eigenvalue weighted by atomic mass is 16.2. The van der Waals surface area contributed by atoms with Gasteiger partial charge in [0.1, 0.15) is 12.1 Å². The Kier molecular flexibility index (Phi) is 6.75. The zero-order valence-electron chi connectivity index (χ0n) is 22.5. The molecule has 0 bridgehead atoms. The lowest BCUT2D eigenvalue weighted by Crippen LogP contribution is -2.53. The summed E-state index contributed by atoms with van der Waals surface area (Å²) in [5.41, 5.74) is 1.01. The Morgan fingerprint density at radius 3 is 2.67 bits per heavy atom. The van der Waals surface area contributed by atoms with Crippen molar-refractivity contribution in [1.29, 1.82) is 5.26 Å². The van der Waals surface area contributed by atoms with Crippen molar-refractivity contribution in [3.63, 3.8) is 0 Å². The number of hydrogen-bond acceptors (Lipinski definition) is 6. The van der Waals surface area contributed by atoms with Crippen LogP contribution in [0.1, 0.15) is 39.2 Å². The molecule has 1 spiro atoms. The number of nitrogens with one attached hydrogen (secondary N) is 3. The molecule has 0 saturated carbocycles. The smallest absolute Gasteiger partial charge is 0.313 e. The molecule has 204 valence electrons. The number of amides is 4. The van der Waals surface area contributed by atoms with E-state index in [4.69, 9.17) is 0 Å². The molecule has 1 fully saturated rings. The molecular formula is C30H30N6O4. The Hall–Kier alpha value is -4.78. The average molecular weight is 539 g/mol. The quantitative estimate of drug-likeness (QED) is 0.436. The first-order valence-electron chi connectivity index (χ1n) is 13.1. The third-order valence-corrected chi connectivity index (χ3v) is 7.41. The van der Waals surface area contributed by atoms with Crippen LogP contribution in [0, 0.1) is 16.7 Å². The summed E-state index contributed by atoms with van der Waals surface area (Å²) in [5.74, 6) is -2.67. The molecule has 0 aliphatic carbocycles. The maximum absolute atomic E-state index is 13.9. The molecule has 3 atom stereocenters. The molecule has 40 heavy (non-hydrogen) atoms. The molecule has 1 saturated heterocycles. The van der Waals surface area contributed by atoms with E-state index in [9.17, 15) is 24.4 Å². The van der Waals surface area contributed by atoms with E-state index in [0.717, 1.165) is 10.9 Å². The number of benzene rings is 2. The highest BCUT2D eigenvalue weighted by molar-refractivity contribution is 6.40. The van der Waals surface area contributed by atoms with Gasteiger partial charge in [0.25, 0.3) is 0 Å². The van der Waals surface area contributed by atoms with Crippen LogP contribution in [-0.2, 0) is 24.6 Å². The highest BCUT2D eigenvalue weighted by Crippen LogP contribution is 2.46. The number of likely N-dealkylation sites (tertiary alicyclic amines) is 1. The minimum Gasteiger partial charge on any atom is -0.336 e. The molecule has 4 amide bonds. The summed E-state index contributed by atoms with van der Waals surface area (Å²) < 4.78 is 0. The van der Waals surface area contributed by atoms with Gasteiger partial charge >= 0.3 is 11.8 Å². The summed E-state index contributed by atoms with van der Waals surface area (Å²) in [6.45, 7) is 5.74. The predicted octanol–water partition coefficient (Wildman–Crippen LogP) is 3.11. The SMILES string of the molecule is CC(C)(C)C[C@H](NC(=O)C(=O)Nc1ccc2cccnc2c1)C(=O)N1C[C@]2(CC1C#N)C(=O)Nc1ccccc12. The van der Waals surface area contributed by atoms with Crippen molar-refractivity contribution >= 4 is 45.9 Å². The molecule has 10 heteroatoms. The van der Waals surface area contributed by atoms with Gasteiger partial charge < -0.3 is 20.9 Å². The number of carbonyl (C=O) groups excluding carboxylic acids is 4. The van der Waals surface area contributed by atoms with E-state index in [1.807, 2.05) is 45.0 Å². The van der Waals surface area contributed by atoms with Crippen LogP contribution in [0.2, 0.25) is 0 Å². The van der Waals surface area contributed by atoms with Crippen LogP contribution in [0.5, 0.6) is 0 Å². The molecule has 10 nitrogen and oxygen atoms in total. The van der Waals surface area contributed by atoms with Crippen LogP contribution in [-0.4, -0.2) is 52.1 Å². The van der Waals surface area contributed by atoms with Crippen molar-refractivity contribution in [2.45, 2.75) is 51.1 Å². The Bertz CT molecular complexity index is 1570. The molecule has 2 aliphatic heterocycles. The van der Waals surface area contributed by atoms with Crippen molar-refractivity contribution in [2.75, 3.05) is 17.2 Å². The second-order valence-electron chi connectivity index (χ2n) is 11.6. The van der Waals surface area contributed by atoms with Crippen molar-refractivity contribution in [3.05, 3.63) is 66.4 Å².